The molecule has 1 amide bonds. The first kappa shape index (κ1) is 18.9. The van der Waals surface area contributed by atoms with E-state index in [9.17, 15) is 13.2 Å². The summed E-state index contributed by atoms with van der Waals surface area (Å²) in [5.41, 5.74) is 1.01. The van der Waals surface area contributed by atoms with E-state index in [0.717, 1.165) is 31.2 Å². The number of benzene rings is 1. The van der Waals surface area contributed by atoms with Crippen LogP contribution in [0, 0.1) is 5.92 Å². The van der Waals surface area contributed by atoms with Crippen LogP contribution in [0.5, 0.6) is 0 Å². The van der Waals surface area contributed by atoms with Crippen LogP contribution in [0.25, 0.3) is 0 Å². The molecule has 0 aliphatic heterocycles. The van der Waals surface area contributed by atoms with Crippen molar-refractivity contribution in [3.63, 3.8) is 0 Å². The van der Waals surface area contributed by atoms with Gasteiger partial charge in [0.25, 0.3) is 0 Å². The summed E-state index contributed by atoms with van der Waals surface area (Å²) >= 11 is 0. The number of amides is 1. The highest BCUT2D eigenvalue weighted by molar-refractivity contribution is 7.89. The van der Waals surface area contributed by atoms with Crippen molar-refractivity contribution >= 4 is 15.9 Å². The number of rotatable bonds is 8. The molecule has 1 aliphatic carbocycles. The molecule has 5 nitrogen and oxygen atoms in total. The molecule has 0 saturated heterocycles. The van der Waals surface area contributed by atoms with E-state index in [0.29, 0.717) is 30.2 Å². The van der Waals surface area contributed by atoms with E-state index in [-0.39, 0.29) is 11.9 Å². The van der Waals surface area contributed by atoms with Crippen LogP contribution in [0.4, 0.5) is 0 Å². The molecule has 1 fully saturated rings. The van der Waals surface area contributed by atoms with Gasteiger partial charge in [0, 0.05) is 19.0 Å². The van der Waals surface area contributed by atoms with Crippen LogP contribution < -0.4 is 10.0 Å². The van der Waals surface area contributed by atoms with Gasteiger partial charge in [-0.3, -0.25) is 4.79 Å². The Hall–Kier alpha value is -1.40. The second-order valence-corrected chi connectivity index (χ2v) is 8.66. The van der Waals surface area contributed by atoms with E-state index in [1.165, 1.54) is 0 Å². The maximum absolute atomic E-state index is 12.3. The fourth-order valence-corrected chi connectivity index (χ4v) is 4.26. The number of nitrogens with one attached hydrogen (secondary N) is 2. The SMILES string of the molecule is CC(C)CC(=O)NCCc1ccc(S(=O)(=O)NC2CCCC2)cc1. The number of hydrogen-bond donors (Lipinski definition) is 2. The highest BCUT2D eigenvalue weighted by Crippen LogP contribution is 2.20. The number of hydrogen-bond acceptors (Lipinski definition) is 3. The van der Waals surface area contributed by atoms with Crippen molar-refractivity contribution in [2.45, 2.75) is 63.3 Å². The van der Waals surface area contributed by atoms with Crippen molar-refractivity contribution in [3.05, 3.63) is 29.8 Å². The van der Waals surface area contributed by atoms with Crippen molar-refractivity contribution in [3.8, 4) is 0 Å². The summed E-state index contributed by atoms with van der Waals surface area (Å²) in [6.07, 6.45) is 5.26. The lowest BCUT2D eigenvalue weighted by Crippen LogP contribution is -2.32. The minimum Gasteiger partial charge on any atom is -0.356 e. The van der Waals surface area contributed by atoms with Gasteiger partial charge in [0.1, 0.15) is 0 Å². The predicted octanol–water partition coefficient (Wildman–Crippen LogP) is 2.61. The highest BCUT2D eigenvalue weighted by atomic mass is 32.2. The third-order valence-corrected chi connectivity index (χ3v) is 5.78. The average Bonchev–Trinajstić information content (AvgIpc) is 2.99. The average molecular weight is 353 g/mol. The van der Waals surface area contributed by atoms with Crippen molar-refractivity contribution in [2.24, 2.45) is 5.92 Å². The largest absolute Gasteiger partial charge is 0.356 e. The molecule has 1 saturated carbocycles. The molecule has 0 heterocycles. The van der Waals surface area contributed by atoms with E-state index in [4.69, 9.17) is 0 Å². The third kappa shape index (κ3) is 5.91. The zero-order valence-electron chi connectivity index (χ0n) is 14.5. The van der Waals surface area contributed by atoms with E-state index in [1.807, 2.05) is 26.0 Å². The summed E-state index contributed by atoms with van der Waals surface area (Å²) in [5.74, 6) is 0.409. The molecule has 134 valence electrons. The number of carbonyl (C=O) groups is 1. The molecule has 0 atom stereocenters. The second kappa shape index (κ2) is 8.62. The van der Waals surface area contributed by atoms with Crippen LogP contribution >= 0.6 is 0 Å². The van der Waals surface area contributed by atoms with Crippen molar-refractivity contribution < 1.29 is 13.2 Å². The van der Waals surface area contributed by atoms with Gasteiger partial charge in [0.15, 0.2) is 0 Å². The first-order valence-corrected chi connectivity index (χ1v) is 10.2. The lowest BCUT2D eigenvalue weighted by Gasteiger charge is -2.13. The Morgan fingerprint density at radius 1 is 1.17 bits per heavy atom. The van der Waals surface area contributed by atoms with E-state index in [1.54, 1.807) is 12.1 Å². The van der Waals surface area contributed by atoms with Crippen LogP contribution in [0.15, 0.2) is 29.2 Å². The lowest BCUT2D eigenvalue weighted by molar-refractivity contribution is -0.121. The van der Waals surface area contributed by atoms with Gasteiger partial charge in [-0.15, -0.1) is 0 Å². The molecule has 2 N–H and O–H groups in total. The monoisotopic (exact) mass is 352 g/mol. The van der Waals surface area contributed by atoms with Crippen LogP contribution in [-0.2, 0) is 21.2 Å². The van der Waals surface area contributed by atoms with Gasteiger partial charge in [-0.05, 0) is 42.9 Å². The molecular weight excluding hydrogens is 324 g/mol. The van der Waals surface area contributed by atoms with Gasteiger partial charge in [-0.25, -0.2) is 13.1 Å². The lowest BCUT2D eigenvalue weighted by atomic mass is 10.1. The summed E-state index contributed by atoms with van der Waals surface area (Å²) in [5, 5.41) is 2.89. The van der Waals surface area contributed by atoms with Crippen LogP contribution in [0.3, 0.4) is 0 Å². The fraction of sp³-hybridized carbons (Fsp3) is 0.611. The first-order chi connectivity index (χ1) is 11.4. The topological polar surface area (TPSA) is 75.3 Å². The highest BCUT2D eigenvalue weighted by Gasteiger charge is 2.22. The Morgan fingerprint density at radius 3 is 2.38 bits per heavy atom. The smallest absolute Gasteiger partial charge is 0.240 e. The zero-order valence-corrected chi connectivity index (χ0v) is 15.4. The molecule has 2 rings (SSSR count). The maximum Gasteiger partial charge on any atom is 0.240 e. The molecule has 0 aromatic heterocycles. The molecule has 1 aromatic rings. The normalized spacial score (nSPS) is 15.8. The van der Waals surface area contributed by atoms with Crippen molar-refractivity contribution in [2.75, 3.05) is 6.54 Å². The molecular formula is C18H28N2O3S. The molecule has 1 aliphatic rings. The molecule has 0 bridgehead atoms. The quantitative estimate of drug-likeness (QED) is 0.755. The standard InChI is InChI=1S/C18H28N2O3S/c1-14(2)13-18(21)19-12-11-15-7-9-17(10-8-15)24(22,23)20-16-5-3-4-6-16/h7-10,14,16,20H,3-6,11-13H2,1-2H3,(H,19,21). The minimum absolute atomic E-state index is 0.0601. The Labute approximate surface area is 145 Å². The molecule has 1 aromatic carbocycles. The summed E-state index contributed by atoms with van der Waals surface area (Å²) in [4.78, 5) is 11.9. The minimum atomic E-state index is -3.43. The van der Waals surface area contributed by atoms with Gasteiger partial charge >= 0.3 is 0 Å². The molecule has 6 heteroatoms. The summed E-state index contributed by atoms with van der Waals surface area (Å²) in [6, 6.07) is 6.99. The summed E-state index contributed by atoms with van der Waals surface area (Å²) < 4.78 is 27.5. The third-order valence-electron chi connectivity index (χ3n) is 4.24. The summed E-state index contributed by atoms with van der Waals surface area (Å²) in [7, 11) is -3.43. The maximum atomic E-state index is 12.3. The van der Waals surface area contributed by atoms with Crippen LogP contribution in [0.1, 0.15) is 51.5 Å². The van der Waals surface area contributed by atoms with Crippen LogP contribution in [0.2, 0.25) is 0 Å². The van der Waals surface area contributed by atoms with Crippen molar-refractivity contribution in [1.82, 2.24) is 10.0 Å². The van der Waals surface area contributed by atoms with Gasteiger partial charge < -0.3 is 5.32 Å². The zero-order chi connectivity index (χ0) is 17.6. The fourth-order valence-electron chi connectivity index (χ4n) is 2.96. The molecule has 0 spiro atoms. The first-order valence-electron chi connectivity index (χ1n) is 8.75. The van der Waals surface area contributed by atoms with Gasteiger partial charge in [-0.1, -0.05) is 38.8 Å². The van der Waals surface area contributed by atoms with Gasteiger partial charge in [0.05, 0.1) is 4.90 Å². The number of sulfonamides is 1. The van der Waals surface area contributed by atoms with Crippen molar-refractivity contribution in [1.29, 1.82) is 0 Å². The van der Waals surface area contributed by atoms with E-state index < -0.39 is 10.0 Å². The predicted molar refractivity (Wildman–Crippen MR) is 95.2 cm³/mol. The van der Waals surface area contributed by atoms with Gasteiger partial charge in [0.2, 0.25) is 15.9 Å². The molecule has 24 heavy (non-hydrogen) atoms. The Balaban J connectivity index is 1.84. The van der Waals surface area contributed by atoms with E-state index >= 15 is 0 Å². The summed E-state index contributed by atoms with van der Waals surface area (Å²) in [6.45, 7) is 4.59. The second-order valence-electron chi connectivity index (χ2n) is 6.94. The van der Waals surface area contributed by atoms with Crippen LogP contribution in [-0.4, -0.2) is 26.9 Å². The Morgan fingerprint density at radius 2 is 1.79 bits per heavy atom. The Kier molecular flexibility index (Phi) is 6.80. The molecule has 0 unspecified atom stereocenters. The Bertz CT molecular complexity index is 633. The van der Waals surface area contributed by atoms with E-state index in [2.05, 4.69) is 10.0 Å². The number of carbonyl (C=O) groups excluding carboxylic acids is 1. The molecule has 0 radical (unpaired) electrons. The van der Waals surface area contributed by atoms with Gasteiger partial charge in [-0.2, -0.15) is 0 Å².